The van der Waals surface area contributed by atoms with E-state index in [0.717, 1.165) is 6.42 Å². The van der Waals surface area contributed by atoms with Crippen LogP contribution in [0.15, 0.2) is 30.3 Å². The molecule has 1 fully saturated rings. The Bertz CT molecular complexity index is 490. The quantitative estimate of drug-likeness (QED) is 0.901. The SMILES string of the molecule is CC(CN)C(=O)N1CCCN(C(=O)c2ccccc2)CC1. The smallest absolute Gasteiger partial charge is 0.253 e. The molecule has 0 bridgehead atoms. The van der Waals surface area contributed by atoms with Crippen molar-refractivity contribution >= 4 is 11.8 Å². The van der Waals surface area contributed by atoms with E-state index in [0.29, 0.717) is 38.3 Å². The van der Waals surface area contributed by atoms with Crippen molar-refractivity contribution in [3.63, 3.8) is 0 Å². The lowest BCUT2D eigenvalue weighted by Crippen LogP contribution is -2.41. The van der Waals surface area contributed by atoms with Crippen LogP contribution in [0.25, 0.3) is 0 Å². The third-order valence-electron chi connectivity index (χ3n) is 3.89. The lowest BCUT2D eigenvalue weighted by atomic mass is 10.1. The molecule has 0 aliphatic carbocycles. The number of carbonyl (C=O) groups is 2. The molecule has 114 valence electrons. The highest BCUT2D eigenvalue weighted by Crippen LogP contribution is 2.11. The van der Waals surface area contributed by atoms with Crippen molar-refractivity contribution in [1.29, 1.82) is 0 Å². The second-order valence-corrected chi connectivity index (χ2v) is 5.47. The number of carbonyl (C=O) groups excluding carboxylic acids is 2. The van der Waals surface area contributed by atoms with Gasteiger partial charge in [-0.2, -0.15) is 0 Å². The van der Waals surface area contributed by atoms with Gasteiger partial charge in [0.25, 0.3) is 5.91 Å². The van der Waals surface area contributed by atoms with E-state index in [2.05, 4.69) is 0 Å². The van der Waals surface area contributed by atoms with E-state index in [9.17, 15) is 9.59 Å². The molecule has 5 heteroatoms. The van der Waals surface area contributed by atoms with Gasteiger partial charge in [-0.3, -0.25) is 9.59 Å². The Morgan fingerprint density at radius 2 is 1.71 bits per heavy atom. The topological polar surface area (TPSA) is 66.6 Å². The largest absolute Gasteiger partial charge is 0.341 e. The van der Waals surface area contributed by atoms with Gasteiger partial charge in [-0.1, -0.05) is 25.1 Å². The molecule has 1 unspecified atom stereocenters. The zero-order valence-corrected chi connectivity index (χ0v) is 12.5. The molecule has 2 N–H and O–H groups in total. The highest BCUT2D eigenvalue weighted by molar-refractivity contribution is 5.94. The van der Waals surface area contributed by atoms with Crippen LogP contribution in [0, 0.1) is 5.92 Å². The number of benzene rings is 1. The molecular weight excluding hydrogens is 266 g/mol. The zero-order chi connectivity index (χ0) is 15.2. The summed E-state index contributed by atoms with van der Waals surface area (Å²) in [4.78, 5) is 28.3. The Morgan fingerprint density at radius 1 is 1.10 bits per heavy atom. The molecule has 2 amide bonds. The van der Waals surface area contributed by atoms with Crippen LogP contribution >= 0.6 is 0 Å². The second kappa shape index (κ2) is 7.22. The Kier molecular flexibility index (Phi) is 5.33. The molecule has 1 saturated heterocycles. The number of hydrogen-bond donors (Lipinski definition) is 1. The van der Waals surface area contributed by atoms with Crippen LogP contribution in [-0.2, 0) is 4.79 Å². The lowest BCUT2D eigenvalue weighted by molar-refractivity contribution is -0.134. The van der Waals surface area contributed by atoms with E-state index in [1.165, 1.54) is 0 Å². The van der Waals surface area contributed by atoms with Gasteiger partial charge in [0.1, 0.15) is 0 Å². The fourth-order valence-electron chi connectivity index (χ4n) is 2.52. The maximum atomic E-state index is 12.4. The van der Waals surface area contributed by atoms with Gasteiger partial charge in [0, 0.05) is 44.2 Å². The average Bonchev–Trinajstić information content (AvgIpc) is 2.79. The molecule has 0 aromatic heterocycles. The predicted molar refractivity (Wildman–Crippen MR) is 81.8 cm³/mol. The fourth-order valence-corrected chi connectivity index (χ4v) is 2.52. The molecule has 0 saturated carbocycles. The van der Waals surface area contributed by atoms with Crippen molar-refractivity contribution in [2.75, 3.05) is 32.7 Å². The third kappa shape index (κ3) is 3.82. The van der Waals surface area contributed by atoms with Gasteiger partial charge in [-0.25, -0.2) is 0 Å². The normalized spacial score (nSPS) is 17.2. The van der Waals surface area contributed by atoms with Crippen LogP contribution in [0.5, 0.6) is 0 Å². The summed E-state index contributed by atoms with van der Waals surface area (Å²) in [7, 11) is 0. The molecule has 0 spiro atoms. The second-order valence-electron chi connectivity index (χ2n) is 5.47. The summed E-state index contributed by atoms with van der Waals surface area (Å²) in [6, 6.07) is 9.28. The van der Waals surface area contributed by atoms with Gasteiger partial charge in [0.15, 0.2) is 0 Å². The standard InChI is InChI=1S/C16H23N3O2/c1-13(12-17)15(20)18-8-5-9-19(11-10-18)16(21)14-6-3-2-4-7-14/h2-4,6-7,13H,5,8-12,17H2,1H3. The molecule has 2 rings (SSSR count). The van der Waals surface area contributed by atoms with Gasteiger partial charge in [-0.15, -0.1) is 0 Å². The monoisotopic (exact) mass is 289 g/mol. The molecular formula is C16H23N3O2. The van der Waals surface area contributed by atoms with Crippen LogP contribution < -0.4 is 5.73 Å². The van der Waals surface area contributed by atoms with Crippen LogP contribution in [0.3, 0.4) is 0 Å². The molecule has 1 aliphatic rings. The van der Waals surface area contributed by atoms with Crippen LogP contribution in [-0.4, -0.2) is 54.3 Å². The van der Waals surface area contributed by atoms with Crippen molar-refractivity contribution in [1.82, 2.24) is 9.80 Å². The van der Waals surface area contributed by atoms with Gasteiger partial charge >= 0.3 is 0 Å². The Morgan fingerprint density at radius 3 is 2.38 bits per heavy atom. The average molecular weight is 289 g/mol. The first-order valence-corrected chi connectivity index (χ1v) is 7.46. The van der Waals surface area contributed by atoms with Gasteiger partial charge < -0.3 is 15.5 Å². The van der Waals surface area contributed by atoms with Crippen LogP contribution in [0.1, 0.15) is 23.7 Å². The third-order valence-corrected chi connectivity index (χ3v) is 3.89. The lowest BCUT2D eigenvalue weighted by Gasteiger charge is -2.24. The number of amides is 2. The van der Waals surface area contributed by atoms with Gasteiger partial charge in [0.2, 0.25) is 5.91 Å². The summed E-state index contributed by atoms with van der Waals surface area (Å²) in [5.74, 6) is -0.0235. The van der Waals surface area contributed by atoms with Crippen molar-refractivity contribution in [2.45, 2.75) is 13.3 Å². The van der Waals surface area contributed by atoms with E-state index in [4.69, 9.17) is 5.73 Å². The summed E-state index contributed by atoms with van der Waals surface area (Å²) in [6.07, 6.45) is 0.807. The van der Waals surface area contributed by atoms with Crippen molar-refractivity contribution < 1.29 is 9.59 Å². The van der Waals surface area contributed by atoms with Gasteiger partial charge in [0.05, 0.1) is 0 Å². The number of nitrogens with zero attached hydrogens (tertiary/aromatic N) is 2. The summed E-state index contributed by atoms with van der Waals surface area (Å²) in [5, 5.41) is 0. The minimum absolute atomic E-state index is 0.0387. The van der Waals surface area contributed by atoms with Crippen LogP contribution in [0.2, 0.25) is 0 Å². The predicted octanol–water partition coefficient (Wildman–Crippen LogP) is 0.956. The summed E-state index contributed by atoms with van der Waals surface area (Å²) in [5.41, 5.74) is 6.26. The number of rotatable bonds is 3. The molecule has 0 radical (unpaired) electrons. The van der Waals surface area contributed by atoms with E-state index < -0.39 is 0 Å². The first-order chi connectivity index (χ1) is 10.1. The zero-order valence-electron chi connectivity index (χ0n) is 12.5. The van der Waals surface area contributed by atoms with E-state index >= 15 is 0 Å². The van der Waals surface area contributed by atoms with Crippen LogP contribution in [0.4, 0.5) is 0 Å². The van der Waals surface area contributed by atoms with E-state index in [-0.39, 0.29) is 17.7 Å². The highest BCUT2D eigenvalue weighted by Gasteiger charge is 2.24. The molecule has 1 atom stereocenters. The number of hydrogen-bond acceptors (Lipinski definition) is 3. The summed E-state index contributed by atoms with van der Waals surface area (Å²) >= 11 is 0. The van der Waals surface area contributed by atoms with Crippen molar-refractivity contribution in [3.05, 3.63) is 35.9 Å². The molecule has 21 heavy (non-hydrogen) atoms. The Labute approximate surface area is 125 Å². The number of nitrogens with two attached hydrogens (primary N) is 1. The maximum absolute atomic E-state index is 12.4. The Hall–Kier alpha value is -1.88. The fraction of sp³-hybridized carbons (Fsp3) is 0.500. The molecule has 1 aromatic rings. The van der Waals surface area contributed by atoms with E-state index in [1.54, 1.807) is 0 Å². The summed E-state index contributed by atoms with van der Waals surface area (Å²) < 4.78 is 0. The first kappa shape index (κ1) is 15.5. The molecule has 5 nitrogen and oxygen atoms in total. The minimum atomic E-state index is -0.152. The Balaban J connectivity index is 1.98. The van der Waals surface area contributed by atoms with Gasteiger partial charge in [-0.05, 0) is 18.6 Å². The maximum Gasteiger partial charge on any atom is 0.253 e. The first-order valence-electron chi connectivity index (χ1n) is 7.46. The molecule has 1 aliphatic heterocycles. The minimum Gasteiger partial charge on any atom is -0.341 e. The molecule has 1 aromatic carbocycles. The van der Waals surface area contributed by atoms with Crippen molar-refractivity contribution in [2.24, 2.45) is 11.7 Å². The van der Waals surface area contributed by atoms with E-state index in [1.807, 2.05) is 47.1 Å². The highest BCUT2D eigenvalue weighted by atomic mass is 16.2. The molecule has 1 heterocycles. The summed E-state index contributed by atoms with van der Waals surface area (Å²) in [6.45, 7) is 4.76. The van der Waals surface area contributed by atoms with Crippen molar-refractivity contribution in [3.8, 4) is 0 Å².